The summed E-state index contributed by atoms with van der Waals surface area (Å²) in [6, 6.07) is 53.2. The molecular weight excluding hydrogens is 526 g/mol. The third kappa shape index (κ3) is 3.83. The number of rotatable bonds is 4. The van der Waals surface area contributed by atoms with Crippen LogP contribution in [0.25, 0.3) is 65.8 Å². The molecule has 0 unspecified atom stereocenters. The molecule has 0 saturated heterocycles. The van der Waals surface area contributed by atoms with Gasteiger partial charge in [-0.25, -0.2) is 0 Å². The average Bonchev–Trinajstić information content (AvgIpc) is 3.64. The van der Waals surface area contributed by atoms with Crippen LogP contribution < -0.4 is 4.90 Å². The SMILES string of the molecule is c1ccc(-c2cccc(N(c3ccc4c(ccc5c6ccccc6oc45)c3)c3ccc4c(c3)oc3ccccc34)c2)cc1. The highest BCUT2D eigenvalue weighted by molar-refractivity contribution is 6.15. The van der Waals surface area contributed by atoms with Gasteiger partial charge in [-0.05, 0) is 77.2 Å². The fraction of sp³-hybridized carbons (Fsp3) is 0. The highest BCUT2D eigenvalue weighted by Crippen LogP contribution is 2.42. The Hall–Kier alpha value is -5.80. The molecule has 0 fully saturated rings. The van der Waals surface area contributed by atoms with Crippen molar-refractivity contribution in [3.63, 3.8) is 0 Å². The predicted molar refractivity (Wildman–Crippen MR) is 179 cm³/mol. The topological polar surface area (TPSA) is 29.5 Å². The van der Waals surface area contributed by atoms with E-state index in [0.29, 0.717) is 0 Å². The van der Waals surface area contributed by atoms with Crippen LogP contribution >= 0.6 is 0 Å². The molecule has 2 aromatic heterocycles. The first kappa shape index (κ1) is 23.9. The van der Waals surface area contributed by atoms with Gasteiger partial charge in [0.15, 0.2) is 0 Å². The highest BCUT2D eigenvalue weighted by Gasteiger charge is 2.18. The number of hydrogen-bond acceptors (Lipinski definition) is 3. The molecule has 0 amide bonds. The normalized spacial score (nSPS) is 11.7. The molecule has 0 aliphatic rings. The van der Waals surface area contributed by atoms with E-state index in [1.165, 1.54) is 5.56 Å². The minimum absolute atomic E-state index is 0.868. The molecule has 202 valence electrons. The summed E-state index contributed by atoms with van der Waals surface area (Å²) in [5, 5.41) is 6.74. The van der Waals surface area contributed by atoms with Crippen LogP contribution in [0, 0.1) is 0 Å². The van der Waals surface area contributed by atoms with E-state index in [-0.39, 0.29) is 0 Å². The first-order chi connectivity index (χ1) is 21.3. The Labute approximate surface area is 247 Å². The van der Waals surface area contributed by atoms with E-state index in [1.54, 1.807) is 0 Å². The van der Waals surface area contributed by atoms with Crippen molar-refractivity contribution < 1.29 is 8.83 Å². The van der Waals surface area contributed by atoms with Crippen LogP contribution in [0.1, 0.15) is 0 Å². The average molecular weight is 552 g/mol. The summed E-state index contributed by atoms with van der Waals surface area (Å²) >= 11 is 0. The number of anilines is 3. The van der Waals surface area contributed by atoms with Gasteiger partial charge in [-0.1, -0.05) is 84.9 Å². The lowest BCUT2D eigenvalue weighted by Gasteiger charge is -2.26. The van der Waals surface area contributed by atoms with Crippen LogP contribution in [0.4, 0.5) is 17.1 Å². The van der Waals surface area contributed by atoms with E-state index in [4.69, 9.17) is 8.83 Å². The van der Waals surface area contributed by atoms with Gasteiger partial charge in [0.05, 0.1) is 0 Å². The molecule has 0 saturated carbocycles. The molecular formula is C40H25NO2. The Balaban J connectivity index is 1.25. The summed E-state index contributed by atoms with van der Waals surface area (Å²) in [7, 11) is 0. The Morgan fingerprint density at radius 3 is 1.79 bits per heavy atom. The maximum Gasteiger partial charge on any atom is 0.143 e. The zero-order valence-electron chi connectivity index (χ0n) is 23.2. The largest absolute Gasteiger partial charge is 0.456 e. The summed E-state index contributed by atoms with van der Waals surface area (Å²) in [6.45, 7) is 0. The van der Waals surface area contributed by atoms with Crippen LogP contribution in [-0.2, 0) is 0 Å². The van der Waals surface area contributed by atoms with E-state index in [9.17, 15) is 0 Å². The van der Waals surface area contributed by atoms with Gasteiger partial charge in [0.25, 0.3) is 0 Å². The number of hydrogen-bond donors (Lipinski definition) is 0. The molecule has 3 heteroatoms. The Kier molecular flexibility index (Phi) is 5.20. The Morgan fingerprint density at radius 2 is 0.953 bits per heavy atom. The van der Waals surface area contributed by atoms with Gasteiger partial charge >= 0.3 is 0 Å². The smallest absolute Gasteiger partial charge is 0.143 e. The zero-order valence-corrected chi connectivity index (χ0v) is 23.2. The van der Waals surface area contributed by atoms with Crippen molar-refractivity contribution in [1.29, 1.82) is 0 Å². The van der Waals surface area contributed by atoms with Crippen LogP contribution in [0.5, 0.6) is 0 Å². The van der Waals surface area contributed by atoms with E-state index < -0.39 is 0 Å². The molecule has 43 heavy (non-hydrogen) atoms. The molecule has 0 aliphatic carbocycles. The van der Waals surface area contributed by atoms with E-state index in [2.05, 4.69) is 132 Å². The lowest BCUT2D eigenvalue weighted by Crippen LogP contribution is -2.10. The summed E-state index contributed by atoms with van der Waals surface area (Å²) in [5.74, 6) is 0. The molecule has 0 atom stereocenters. The maximum atomic E-state index is 6.35. The molecule has 3 nitrogen and oxygen atoms in total. The number of furan rings is 2. The standard InChI is InChI=1S/C40H25NO2/c1-2-9-26(10-3-1)27-11-8-12-29(23-27)41(31-19-22-35-33-13-4-6-15-37(33)42-39(35)25-31)30-18-21-32-28(24-30)17-20-36-34-14-5-7-16-38(34)43-40(32)36/h1-25H. The van der Waals surface area contributed by atoms with Gasteiger partial charge in [0.2, 0.25) is 0 Å². The lowest BCUT2D eigenvalue weighted by atomic mass is 10.0. The second-order valence-corrected chi connectivity index (χ2v) is 11.0. The Morgan fingerprint density at radius 1 is 0.349 bits per heavy atom. The zero-order chi connectivity index (χ0) is 28.3. The van der Waals surface area contributed by atoms with Crippen LogP contribution in [0.2, 0.25) is 0 Å². The van der Waals surface area contributed by atoms with Crippen molar-refractivity contribution >= 4 is 71.7 Å². The van der Waals surface area contributed by atoms with E-state index in [1.807, 2.05) is 24.3 Å². The summed E-state index contributed by atoms with van der Waals surface area (Å²) in [5.41, 5.74) is 9.10. The summed E-state index contributed by atoms with van der Waals surface area (Å²) in [6.07, 6.45) is 0. The summed E-state index contributed by atoms with van der Waals surface area (Å²) < 4.78 is 12.7. The molecule has 0 aliphatic heterocycles. The molecule has 2 heterocycles. The molecule has 7 aromatic carbocycles. The molecule has 0 radical (unpaired) electrons. The van der Waals surface area contributed by atoms with Crippen molar-refractivity contribution in [2.75, 3.05) is 4.90 Å². The van der Waals surface area contributed by atoms with E-state index >= 15 is 0 Å². The minimum Gasteiger partial charge on any atom is -0.456 e. The van der Waals surface area contributed by atoms with Crippen LogP contribution in [0.15, 0.2) is 160 Å². The first-order valence-electron chi connectivity index (χ1n) is 14.5. The van der Waals surface area contributed by atoms with Crippen molar-refractivity contribution in [2.45, 2.75) is 0 Å². The lowest BCUT2D eigenvalue weighted by molar-refractivity contribution is 0.669. The fourth-order valence-electron chi connectivity index (χ4n) is 6.39. The molecule has 9 aromatic rings. The van der Waals surface area contributed by atoms with Crippen LogP contribution in [-0.4, -0.2) is 0 Å². The minimum atomic E-state index is 0.868. The van der Waals surface area contributed by atoms with Gasteiger partial charge in [-0.15, -0.1) is 0 Å². The molecule has 0 spiro atoms. The Bertz CT molecular complexity index is 2470. The number of fused-ring (bicyclic) bond motifs is 8. The fourth-order valence-corrected chi connectivity index (χ4v) is 6.39. The quantitative estimate of drug-likeness (QED) is 0.218. The van der Waals surface area contributed by atoms with Crippen LogP contribution in [0.3, 0.4) is 0 Å². The van der Waals surface area contributed by atoms with E-state index in [0.717, 1.165) is 77.3 Å². The van der Waals surface area contributed by atoms with Crippen molar-refractivity contribution in [3.05, 3.63) is 152 Å². The highest BCUT2D eigenvalue weighted by atomic mass is 16.3. The van der Waals surface area contributed by atoms with Gasteiger partial charge in [0, 0.05) is 50.1 Å². The monoisotopic (exact) mass is 551 g/mol. The van der Waals surface area contributed by atoms with Gasteiger partial charge in [-0.3, -0.25) is 0 Å². The maximum absolute atomic E-state index is 6.35. The molecule has 0 N–H and O–H groups in total. The van der Waals surface area contributed by atoms with Gasteiger partial charge < -0.3 is 13.7 Å². The number of para-hydroxylation sites is 2. The summed E-state index contributed by atoms with van der Waals surface area (Å²) in [4.78, 5) is 2.31. The van der Waals surface area contributed by atoms with Crippen molar-refractivity contribution in [1.82, 2.24) is 0 Å². The van der Waals surface area contributed by atoms with Gasteiger partial charge in [-0.2, -0.15) is 0 Å². The predicted octanol–water partition coefficient (Wildman–Crippen LogP) is 11.8. The first-order valence-corrected chi connectivity index (χ1v) is 14.5. The van der Waals surface area contributed by atoms with Gasteiger partial charge in [0.1, 0.15) is 22.3 Å². The third-order valence-electron chi connectivity index (χ3n) is 8.43. The van der Waals surface area contributed by atoms with Crippen molar-refractivity contribution in [2.24, 2.45) is 0 Å². The number of benzene rings is 7. The number of nitrogens with zero attached hydrogens (tertiary/aromatic N) is 1. The second kappa shape index (κ2) is 9.37. The molecule has 0 bridgehead atoms. The van der Waals surface area contributed by atoms with Crippen molar-refractivity contribution in [3.8, 4) is 11.1 Å². The second-order valence-electron chi connectivity index (χ2n) is 11.0. The molecule has 9 rings (SSSR count). The third-order valence-corrected chi connectivity index (χ3v) is 8.43.